The summed E-state index contributed by atoms with van der Waals surface area (Å²) >= 11 is 0. The van der Waals surface area contributed by atoms with Crippen LogP contribution >= 0.6 is 0 Å². The van der Waals surface area contributed by atoms with Crippen LogP contribution in [0.4, 0.5) is 4.39 Å². The molecule has 0 radical (unpaired) electrons. The Labute approximate surface area is 146 Å². The van der Waals surface area contributed by atoms with Crippen molar-refractivity contribution in [2.45, 2.75) is 19.2 Å². The molecule has 1 aliphatic heterocycles. The molecule has 0 aliphatic carbocycles. The number of ether oxygens (including phenoxy) is 1. The van der Waals surface area contributed by atoms with Crippen molar-refractivity contribution in [1.29, 1.82) is 0 Å². The maximum absolute atomic E-state index is 13.3. The predicted octanol–water partition coefficient (Wildman–Crippen LogP) is 0.777. The third-order valence-electron chi connectivity index (χ3n) is 4.17. The van der Waals surface area contributed by atoms with E-state index in [2.05, 4.69) is 15.0 Å². The van der Waals surface area contributed by atoms with E-state index in [1.165, 1.54) is 18.5 Å². The second-order valence-electron chi connectivity index (χ2n) is 6.23. The quantitative estimate of drug-likeness (QED) is 0.773. The highest BCUT2D eigenvalue weighted by Gasteiger charge is 2.23. The van der Waals surface area contributed by atoms with E-state index in [0.29, 0.717) is 39.3 Å². The van der Waals surface area contributed by atoms with Crippen LogP contribution in [0.5, 0.6) is 0 Å². The monoisotopic (exact) mass is 347 g/mol. The number of nitrogens with zero attached hydrogens (tertiary/aromatic N) is 5. The summed E-state index contributed by atoms with van der Waals surface area (Å²) in [5.74, 6) is -0.284. The van der Waals surface area contributed by atoms with Gasteiger partial charge in [-0.15, -0.1) is 0 Å². The minimum atomic E-state index is -0.289. The third kappa shape index (κ3) is 5.07. The SMILES string of the molecule is CN(Cc1cccc(F)c1)C(=O)CN1CCO[C@@H](Cn2cncn2)C1. The first-order chi connectivity index (χ1) is 12.1. The molecule has 2 heterocycles. The minimum Gasteiger partial charge on any atom is -0.374 e. The van der Waals surface area contributed by atoms with Crippen molar-refractivity contribution < 1.29 is 13.9 Å². The molecule has 1 atom stereocenters. The second-order valence-corrected chi connectivity index (χ2v) is 6.23. The second kappa shape index (κ2) is 8.17. The number of amides is 1. The lowest BCUT2D eigenvalue weighted by atomic mass is 10.2. The summed E-state index contributed by atoms with van der Waals surface area (Å²) in [5, 5.41) is 4.08. The molecule has 3 rings (SSSR count). The Morgan fingerprint density at radius 2 is 2.36 bits per heavy atom. The maximum Gasteiger partial charge on any atom is 0.236 e. The maximum atomic E-state index is 13.3. The van der Waals surface area contributed by atoms with Gasteiger partial charge in [-0.05, 0) is 17.7 Å². The number of rotatable bonds is 6. The molecule has 0 N–H and O–H groups in total. The van der Waals surface area contributed by atoms with Gasteiger partial charge in [0.05, 0.1) is 25.8 Å². The molecule has 8 heteroatoms. The van der Waals surface area contributed by atoms with Crippen molar-refractivity contribution >= 4 is 5.91 Å². The number of likely N-dealkylation sites (N-methyl/N-ethyl adjacent to an activating group) is 1. The average molecular weight is 347 g/mol. The third-order valence-corrected chi connectivity index (χ3v) is 4.17. The van der Waals surface area contributed by atoms with Gasteiger partial charge in [-0.3, -0.25) is 14.4 Å². The zero-order valence-corrected chi connectivity index (χ0v) is 14.2. The van der Waals surface area contributed by atoms with Crippen LogP contribution < -0.4 is 0 Å². The van der Waals surface area contributed by atoms with E-state index in [-0.39, 0.29) is 17.8 Å². The Kier molecular flexibility index (Phi) is 5.72. The molecular weight excluding hydrogens is 325 g/mol. The molecule has 25 heavy (non-hydrogen) atoms. The number of halogens is 1. The smallest absolute Gasteiger partial charge is 0.236 e. The molecule has 7 nitrogen and oxygen atoms in total. The number of carbonyl (C=O) groups is 1. The molecule has 0 bridgehead atoms. The van der Waals surface area contributed by atoms with E-state index in [0.717, 1.165) is 5.56 Å². The van der Waals surface area contributed by atoms with E-state index in [1.807, 2.05) is 6.07 Å². The molecule has 0 spiro atoms. The van der Waals surface area contributed by atoms with E-state index in [1.54, 1.807) is 29.0 Å². The molecule has 1 aromatic carbocycles. The fourth-order valence-corrected chi connectivity index (χ4v) is 2.88. The highest BCUT2D eigenvalue weighted by Crippen LogP contribution is 2.10. The molecule has 1 saturated heterocycles. The van der Waals surface area contributed by atoms with Crippen molar-refractivity contribution in [1.82, 2.24) is 24.6 Å². The molecule has 2 aromatic rings. The van der Waals surface area contributed by atoms with Crippen LogP contribution in [0.25, 0.3) is 0 Å². The van der Waals surface area contributed by atoms with Crippen molar-refractivity contribution in [3.8, 4) is 0 Å². The highest BCUT2D eigenvalue weighted by atomic mass is 19.1. The number of carbonyl (C=O) groups excluding carboxylic acids is 1. The summed E-state index contributed by atoms with van der Waals surface area (Å²) in [5.41, 5.74) is 0.780. The predicted molar refractivity (Wildman–Crippen MR) is 89.1 cm³/mol. The summed E-state index contributed by atoms with van der Waals surface area (Å²) in [4.78, 5) is 20.1. The van der Waals surface area contributed by atoms with Crippen LogP contribution in [0.1, 0.15) is 5.56 Å². The lowest BCUT2D eigenvalue weighted by Gasteiger charge is -2.33. The normalized spacial score (nSPS) is 18.2. The first-order valence-electron chi connectivity index (χ1n) is 8.25. The van der Waals surface area contributed by atoms with Crippen molar-refractivity contribution in [3.05, 3.63) is 48.3 Å². The first kappa shape index (κ1) is 17.5. The standard InChI is InChI=1S/C17H22FN5O2/c1-21(8-14-3-2-4-15(18)7-14)17(24)11-22-5-6-25-16(9-22)10-23-13-19-12-20-23/h2-4,7,12-13,16H,5-6,8-11H2,1H3/t16-/m1/s1. The largest absolute Gasteiger partial charge is 0.374 e. The van der Waals surface area contributed by atoms with Gasteiger partial charge in [-0.2, -0.15) is 5.10 Å². The van der Waals surface area contributed by atoms with Gasteiger partial charge in [0.2, 0.25) is 5.91 Å². The molecule has 0 unspecified atom stereocenters. The van der Waals surface area contributed by atoms with Gasteiger partial charge in [0.15, 0.2) is 0 Å². The summed E-state index contributed by atoms with van der Waals surface area (Å²) in [6.45, 7) is 3.29. The Hall–Kier alpha value is -2.32. The van der Waals surface area contributed by atoms with Gasteiger partial charge in [-0.25, -0.2) is 9.37 Å². The number of benzene rings is 1. The van der Waals surface area contributed by atoms with Gasteiger partial charge in [0.25, 0.3) is 0 Å². The zero-order chi connectivity index (χ0) is 17.6. The van der Waals surface area contributed by atoms with Crippen LogP contribution in [0.2, 0.25) is 0 Å². The first-order valence-corrected chi connectivity index (χ1v) is 8.25. The number of morpholine rings is 1. The molecule has 1 aromatic heterocycles. The average Bonchev–Trinajstić information content (AvgIpc) is 3.08. The lowest BCUT2D eigenvalue weighted by Crippen LogP contribution is -2.48. The summed E-state index contributed by atoms with van der Waals surface area (Å²) in [7, 11) is 1.74. The summed E-state index contributed by atoms with van der Waals surface area (Å²) < 4.78 is 20.7. The van der Waals surface area contributed by atoms with E-state index in [9.17, 15) is 9.18 Å². The lowest BCUT2D eigenvalue weighted by molar-refractivity contribution is -0.133. The van der Waals surface area contributed by atoms with Crippen LogP contribution in [0, 0.1) is 5.82 Å². The van der Waals surface area contributed by atoms with E-state index < -0.39 is 0 Å². The van der Waals surface area contributed by atoms with Crippen LogP contribution in [-0.2, 0) is 22.6 Å². The molecular formula is C17H22FN5O2. The van der Waals surface area contributed by atoms with Gasteiger partial charge < -0.3 is 9.64 Å². The molecule has 1 amide bonds. The molecule has 1 fully saturated rings. The number of hydrogen-bond acceptors (Lipinski definition) is 5. The Morgan fingerprint density at radius 3 is 3.12 bits per heavy atom. The van der Waals surface area contributed by atoms with Gasteiger partial charge in [0.1, 0.15) is 18.5 Å². The Bertz CT molecular complexity index is 694. The van der Waals surface area contributed by atoms with E-state index in [4.69, 9.17) is 4.74 Å². The Balaban J connectivity index is 1.49. The van der Waals surface area contributed by atoms with Crippen molar-refractivity contribution in [2.24, 2.45) is 0 Å². The number of hydrogen-bond donors (Lipinski definition) is 0. The summed E-state index contributed by atoms with van der Waals surface area (Å²) in [6.07, 6.45) is 3.13. The Morgan fingerprint density at radius 1 is 1.48 bits per heavy atom. The van der Waals surface area contributed by atoms with Gasteiger partial charge >= 0.3 is 0 Å². The van der Waals surface area contributed by atoms with Crippen molar-refractivity contribution in [3.63, 3.8) is 0 Å². The molecule has 134 valence electrons. The van der Waals surface area contributed by atoms with Gasteiger partial charge in [-0.1, -0.05) is 12.1 Å². The van der Waals surface area contributed by atoms with Crippen LogP contribution in [0.3, 0.4) is 0 Å². The topological polar surface area (TPSA) is 63.5 Å². The fraction of sp³-hybridized carbons (Fsp3) is 0.471. The number of aromatic nitrogens is 3. The van der Waals surface area contributed by atoms with Gasteiger partial charge in [0, 0.05) is 26.7 Å². The van der Waals surface area contributed by atoms with E-state index >= 15 is 0 Å². The minimum absolute atomic E-state index is 0.00525. The molecule has 0 saturated carbocycles. The summed E-state index contributed by atoms with van der Waals surface area (Å²) in [6, 6.07) is 6.32. The highest BCUT2D eigenvalue weighted by molar-refractivity contribution is 5.78. The molecule has 1 aliphatic rings. The van der Waals surface area contributed by atoms with Crippen LogP contribution in [0.15, 0.2) is 36.9 Å². The fourth-order valence-electron chi connectivity index (χ4n) is 2.88. The zero-order valence-electron chi connectivity index (χ0n) is 14.2. The van der Waals surface area contributed by atoms with Crippen LogP contribution in [-0.4, -0.2) is 69.9 Å². The van der Waals surface area contributed by atoms with Crippen molar-refractivity contribution in [2.75, 3.05) is 33.3 Å².